The number of esters is 1. The van der Waals surface area contributed by atoms with Crippen LogP contribution in [0.3, 0.4) is 0 Å². The van der Waals surface area contributed by atoms with Crippen LogP contribution in [0.25, 0.3) is 0 Å². The van der Waals surface area contributed by atoms with E-state index in [0.717, 1.165) is 16.7 Å². The summed E-state index contributed by atoms with van der Waals surface area (Å²) in [5.74, 6) is -1.06. The first kappa shape index (κ1) is 37.2. The molecule has 0 aliphatic heterocycles. The number of nitrogens with two attached hydrogens (primary N) is 1. The molecule has 0 amide bonds. The lowest BCUT2D eigenvalue weighted by Gasteiger charge is -2.30. The van der Waals surface area contributed by atoms with Crippen LogP contribution < -0.4 is 5.73 Å². The molecule has 2 atom stereocenters. The lowest BCUT2D eigenvalue weighted by Crippen LogP contribution is -2.43. The predicted octanol–water partition coefficient (Wildman–Crippen LogP) is 7.42. The van der Waals surface area contributed by atoms with Crippen LogP contribution in [0, 0.1) is 0 Å². The maximum absolute atomic E-state index is 13.5. The first-order valence-corrected chi connectivity index (χ1v) is 16.2. The van der Waals surface area contributed by atoms with Gasteiger partial charge in [-0.15, -0.1) is 0 Å². The van der Waals surface area contributed by atoms with E-state index in [-0.39, 0.29) is 24.7 Å². The van der Waals surface area contributed by atoms with E-state index >= 15 is 0 Å². The largest absolute Gasteiger partial charge is 0.508 e. The summed E-state index contributed by atoms with van der Waals surface area (Å²) in [7, 11) is 0. The number of aromatic hydroxyl groups is 1. The van der Waals surface area contributed by atoms with E-state index < -0.39 is 18.1 Å². The quantitative estimate of drug-likeness (QED) is 0.114. The molecule has 0 aromatic heterocycles. The van der Waals surface area contributed by atoms with E-state index in [1.54, 1.807) is 12.1 Å². The van der Waals surface area contributed by atoms with Gasteiger partial charge >= 0.3 is 11.9 Å². The molecule has 0 aliphatic carbocycles. The standard InChI is InChI=1S/C30H29NO2.C9H11NO3.C2H6/c32-30(33-24-28-19-11-4-12-20-28)29(21-25-13-5-1-6-14-25)31(22-26-15-7-2-8-16-26)23-27-17-9-3-10-18-27;10-8(9(12)13)5-6-1-3-7(11)4-2-6;1-2/h1-20,29H,21-24H2;1-4,8,11H,5,10H2,(H,12,13);1-2H3. The molecule has 0 heterocycles. The van der Waals surface area contributed by atoms with Gasteiger partial charge in [0.15, 0.2) is 0 Å². The Morgan fingerprint density at radius 3 is 1.44 bits per heavy atom. The second kappa shape index (κ2) is 20.8. The van der Waals surface area contributed by atoms with Crippen LogP contribution in [0.15, 0.2) is 146 Å². The van der Waals surface area contributed by atoms with Gasteiger partial charge in [0.1, 0.15) is 24.4 Å². The minimum absolute atomic E-state index is 0.160. The molecule has 0 radical (unpaired) electrons. The highest BCUT2D eigenvalue weighted by Crippen LogP contribution is 2.19. The summed E-state index contributed by atoms with van der Waals surface area (Å²) in [6.45, 7) is 5.59. The van der Waals surface area contributed by atoms with Crippen LogP contribution in [0.2, 0.25) is 0 Å². The van der Waals surface area contributed by atoms with Crippen molar-refractivity contribution in [2.45, 2.75) is 58.5 Å². The summed E-state index contributed by atoms with van der Waals surface area (Å²) in [6, 6.07) is 45.6. The van der Waals surface area contributed by atoms with Crippen LogP contribution >= 0.6 is 0 Å². The van der Waals surface area contributed by atoms with Gasteiger partial charge in [-0.25, -0.2) is 0 Å². The molecule has 7 heteroatoms. The number of hydrogen-bond donors (Lipinski definition) is 3. The Balaban J connectivity index is 0.000000349. The normalized spacial score (nSPS) is 11.6. The molecule has 2 unspecified atom stereocenters. The minimum atomic E-state index is -1.02. The van der Waals surface area contributed by atoms with Gasteiger partial charge in [0.25, 0.3) is 0 Å². The van der Waals surface area contributed by atoms with Gasteiger partial charge in [0.2, 0.25) is 0 Å². The number of phenolic OH excluding ortho intramolecular Hbond substituents is 1. The van der Waals surface area contributed by atoms with E-state index in [9.17, 15) is 9.59 Å². The van der Waals surface area contributed by atoms with Gasteiger partial charge in [-0.05, 0) is 52.8 Å². The van der Waals surface area contributed by atoms with Crippen LogP contribution in [-0.4, -0.2) is 39.1 Å². The monoisotopic (exact) mass is 646 g/mol. The number of nitrogens with zero attached hydrogens (tertiary/aromatic N) is 1. The number of carbonyl (C=O) groups is 2. The van der Waals surface area contributed by atoms with E-state index in [1.807, 2.05) is 98.8 Å². The summed E-state index contributed by atoms with van der Waals surface area (Å²) in [6.07, 6.45) is 0.865. The molecule has 0 bridgehead atoms. The Hall–Kier alpha value is -5.24. The second-order valence-corrected chi connectivity index (χ2v) is 11.0. The molecule has 4 N–H and O–H groups in total. The van der Waals surface area contributed by atoms with Gasteiger partial charge in [-0.3, -0.25) is 14.5 Å². The minimum Gasteiger partial charge on any atom is -0.508 e. The lowest BCUT2D eigenvalue weighted by molar-refractivity contribution is -0.152. The molecule has 0 saturated carbocycles. The second-order valence-electron chi connectivity index (χ2n) is 11.0. The van der Waals surface area contributed by atoms with Gasteiger partial charge in [0.05, 0.1) is 0 Å². The number of ether oxygens (including phenoxy) is 1. The van der Waals surface area contributed by atoms with Crippen molar-refractivity contribution in [1.29, 1.82) is 0 Å². The molecule has 250 valence electrons. The number of hydrogen-bond acceptors (Lipinski definition) is 6. The maximum atomic E-state index is 13.5. The van der Waals surface area contributed by atoms with Crippen LogP contribution in [0.1, 0.15) is 41.7 Å². The van der Waals surface area contributed by atoms with Gasteiger partial charge in [0, 0.05) is 13.1 Å². The van der Waals surface area contributed by atoms with Crippen molar-refractivity contribution in [2.24, 2.45) is 5.73 Å². The fourth-order valence-corrected chi connectivity index (χ4v) is 4.91. The number of benzene rings is 5. The zero-order valence-corrected chi connectivity index (χ0v) is 27.7. The average Bonchev–Trinajstić information content (AvgIpc) is 3.13. The van der Waals surface area contributed by atoms with Crippen LogP contribution in [0.4, 0.5) is 0 Å². The van der Waals surface area contributed by atoms with E-state index in [4.69, 9.17) is 20.7 Å². The molecule has 0 saturated heterocycles. The molecule has 5 rings (SSSR count). The summed E-state index contributed by atoms with van der Waals surface area (Å²) in [5, 5.41) is 17.5. The van der Waals surface area contributed by atoms with Crippen molar-refractivity contribution >= 4 is 11.9 Å². The molecule has 0 fully saturated rings. The fraction of sp³-hybridized carbons (Fsp3) is 0.220. The summed E-state index contributed by atoms with van der Waals surface area (Å²) in [4.78, 5) is 26.1. The Labute approximate surface area is 284 Å². The Morgan fingerprint density at radius 2 is 1.00 bits per heavy atom. The third-order valence-electron chi connectivity index (χ3n) is 7.37. The number of phenols is 1. The van der Waals surface area contributed by atoms with Crippen molar-refractivity contribution in [3.8, 4) is 5.75 Å². The Morgan fingerprint density at radius 1 is 0.604 bits per heavy atom. The van der Waals surface area contributed by atoms with Crippen molar-refractivity contribution in [3.63, 3.8) is 0 Å². The molecule has 5 aromatic carbocycles. The van der Waals surface area contributed by atoms with Crippen LogP contribution in [0.5, 0.6) is 5.75 Å². The number of carbonyl (C=O) groups excluding carboxylic acids is 1. The summed E-state index contributed by atoms with van der Waals surface area (Å²) in [5.41, 5.74) is 10.6. The highest BCUT2D eigenvalue weighted by Gasteiger charge is 2.28. The molecule has 0 spiro atoms. The SMILES string of the molecule is CC.NC(Cc1ccc(O)cc1)C(=O)O.O=C(OCc1ccccc1)C(Cc1ccccc1)N(Cc1ccccc1)Cc1ccccc1. The first-order chi connectivity index (χ1) is 23.4. The summed E-state index contributed by atoms with van der Waals surface area (Å²) >= 11 is 0. The number of aliphatic carboxylic acids is 1. The average molecular weight is 647 g/mol. The highest BCUT2D eigenvalue weighted by atomic mass is 16.5. The van der Waals surface area contributed by atoms with Gasteiger partial charge in [-0.1, -0.05) is 147 Å². The number of carboxylic acids is 1. The number of rotatable bonds is 13. The molecule has 0 aliphatic rings. The molecule has 7 nitrogen and oxygen atoms in total. The maximum Gasteiger partial charge on any atom is 0.324 e. The zero-order chi connectivity index (χ0) is 34.6. The van der Waals surface area contributed by atoms with Gasteiger partial charge in [-0.2, -0.15) is 0 Å². The first-order valence-electron chi connectivity index (χ1n) is 16.2. The van der Waals surface area contributed by atoms with Crippen LogP contribution in [-0.2, 0) is 46.9 Å². The topological polar surface area (TPSA) is 113 Å². The third kappa shape index (κ3) is 13.2. The molecule has 48 heavy (non-hydrogen) atoms. The van der Waals surface area contributed by atoms with Gasteiger partial charge < -0.3 is 20.7 Å². The Bertz CT molecular complexity index is 1560. The smallest absolute Gasteiger partial charge is 0.324 e. The van der Waals surface area contributed by atoms with E-state index in [2.05, 4.69) is 41.3 Å². The molecular weight excluding hydrogens is 600 g/mol. The fourth-order valence-electron chi connectivity index (χ4n) is 4.91. The van der Waals surface area contributed by atoms with Crippen molar-refractivity contribution in [1.82, 2.24) is 4.90 Å². The van der Waals surface area contributed by atoms with E-state index in [1.165, 1.54) is 23.3 Å². The number of carboxylic acid groups (broad SMARTS) is 1. The Kier molecular flexibility index (Phi) is 16.1. The molecule has 5 aromatic rings. The highest BCUT2D eigenvalue weighted by molar-refractivity contribution is 5.76. The van der Waals surface area contributed by atoms with Crippen molar-refractivity contribution < 1.29 is 24.5 Å². The zero-order valence-electron chi connectivity index (χ0n) is 27.7. The van der Waals surface area contributed by atoms with Crippen molar-refractivity contribution in [2.75, 3.05) is 0 Å². The predicted molar refractivity (Wildman–Crippen MR) is 191 cm³/mol. The van der Waals surface area contributed by atoms with Crippen molar-refractivity contribution in [3.05, 3.63) is 173 Å². The van der Waals surface area contributed by atoms with E-state index in [0.29, 0.717) is 19.5 Å². The molecular formula is C41H46N2O5. The third-order valence-corrected chi connectivity index (χ3v) is 7.37. The lowest BCUT2D eigenvalue weighted by atomic mass is 10.0. The summed E-state index contributed by atoms with van der Waals surface area (Å²) < 4.78 is 5.84.